The maximum atomic E-state index is 13.2. The molecule has 156 valence electrons. The second kappa shape index (κ2) is 8.25. The Morgan fingerprint density at radius 3 is 2.34 bits per heavy atom. The van der Waals surface area contributed by atoms with E-state index >= 15 is 0 Å². The summed E-state index contributed by atoms with van der Waals surface area (Å²) in [4.78, 5) is 11.2. The predicted molar refractivity (Wildman–Crippen MR) is 112 cm³/mol. The molecule has 1 fully saturated rings. The van der Waals surface area contributed by atoms with Gasteiger partial charge in [0.15, 0.2) is 19.7 Å². The zero-order valence-electron chi connectivity index (χ0n) is 16.3. The van der Waals surface area contributed by atoms with Crippen LogP contribution in [0.5, 0.6) is 0 Å². The predicted octanol–water partition coefficient (Wildman–Crippen LogP) is 1.68. The van der Waals surface area contributed by atoms with E-state index in [9.17, 15) is 21.6 Å². The van der Waals surface area contributed by atoms with E-state index in [1.807, 2.05) is 31.2 Å². The summed E-state index contributed by atoms with van der Waals surface area (Å²) < 4.78 is 50.8. The first-order valence-corrected chi connectivity index (χ1v) is 12.5. The molecule has 2 aromatic rings. The Balaban J connectivity index is 1.83. The fourth-order valence-corrected chi connectivity index (χ4v) is 8.18. The molecule has 0 radical (unpaired) electrons. The van der Waals surface area contributed by atoms with E-state index in [-0.39, 0.29) is 16.6 Å². The van der Waals surface area contributed by atoms with Gasteiger partial charge in [-0.3, -0.25) is 4.79 Å². The molecule has 7 nitrogen and oxygen atoms in total. The minimum atomic E-state index is -3.87. The van der Waals surface area contributed by atoms with Crippen LogP contribution in [0.4, 0.5) is 5.69 Å². The van der Waals surface area contributed by atoms with Crippen LogP contribution in [-0.4, -0.2) is 45.5 Å². The number of carbonyl (C=O) groups excluding carboxylic acids is 1. The van der Waals surface area contributed by atoms with Gasteiger partial charge in [0.05, 0.1) is 21.7 Å². The maximum absolute atomic E-state index is 13.2. The summed E-state index contributed by atoms with van der Waals surface area (Å²) in [5.41, 5.74) is 2.52. The number of carbonyl (C=O) groups is 1. The number of benzene rings is 2. The lowest BCUT2D eigenvalue weighted by atomic mass is 10.1. The Kier molecular flexibility index (Phi) is 6.11. The first-order chi connectivity index (χ1) is 13.6. The van der Waals surface area contributed by atoms with Crippen LogP contribution >= 0.6 is 0 Å². The Morgan fingerprint density at radius 1 is 1.07 bits per heavy atom. The molecule has 3 rings (SSSR count). The molecule has 2 N–H and O–H groups in total. The molecule has 0 aromatic heterocycles. The Bertz CT molecular complexity index is 1110. The van der Waals surface area contributed by atoms with Crippen molar-refractivity contribution < 1.29 is 21.6 Å². The van der Waals surface area contributed by atoms with Crippen molar-refractivity contribution in [1.29, 1.82) is 0 Å². The molecule has 2 aromatic carbocycles. The molecule has 2 atom stereocenters. The topological polar surface area (TPSA) is 109 Å². The average molecular weight is 437 g/mol. The van der Waals surface area contributed by atoms with Gasteiger partial charge in [-0.25, -0.2) is 16.8 Å². The van der Waals surface area contributed by atoms with E-state index in [0.717, 1.165) is 11.1 Å². The van der Waals surface area contributed by atoms with Crippen LogP contribution < -0.4 is 10.6 Å². The largest absolute Gasteiger partial charge is 0.326 e. The number of hydrogen-bond acceptors (Lipinski definition) is 6. The average Bonchev–Trinajstić information content (AvgIpc) is 2.96. The lowest BCUT2D eigenvalue weighted by Crippen LogP contribution is -2.43. The third kappa shape index (κ3) is 5.04. The molecule has 0 aliphatic carbocycles. The van der Waals surface area contributed by atoms with Gasteiger partial charge < -0.3 is 10.6 Å². The van der Waals surface area contributed by atoms with Crippen molar-refractivity contribution in [1.82, 2.24) is 5.32 Å². The molecule has 2 unspecified atom stereocenters. The number of amides is 1. The van der Waals surface area contributed by atoms with E-state index in [4.69, 9.17) is 0 Å². The van der Waals surface area contributed by atoms with Gasteiger partial charge >= 0.3 is 0 Å². The summed E-state index contributed by atoms with van der Waals surface area (Å²) in [6.45, 7) is 3.70. The highest BCUT2D eigenvalue weighted by atomic mass is 32.2. The standard InChI is InChI=1S/C20H24N2O5S2/c1-14-5-3-4-6-16(14)11-21-19-12-28(24,25)13-20(19)29(26,27)18-9-7-17(8-10-18)22-15(2)23/h3-10,19-21H,11-13H2,1-2H3,(H,22,23). The zero-order chi connectivity index (χ0) is 21.2. The van der Waals surface area contributed by atoms with E-state index in [2.05, 4.69) is 10.6 Å². The van der Waals surface area contributed by atoms with Gasteiger partial charge in [0.1, 0.15) is 0 Å². The number of nitrogens with one attached hydrogen (secondary N) is 2. The van der Waals surface area contributed by atoms with Gasteiger partial charge in [-0.05, 0) is 42.3 Å². The van der Waals surface area contributed by atoms with Crippen LogP contribution in [0.25, 0.3) is 0 Å². The van der Waals surface area contributed by atoms with Crippen molar-refractivity contribution in [2.45, 2.75) is 36.6 Å². The van der Waals surface area contributed by atoms with Crippen molar-refractivity contribution in [3.8, 4) is 0 Å². The summed E-state index contributed by atoms with van der Waals surface area (Å²) in [7, 11) is -7.35. The van der Waals surface area contributed by atoms with Crippen LogP contribution in [0.15, 0.2) is 53.4 Å². The number of hydrogen-bond donors (Lipinski definition) is 2. The van der Waals surface area contributed by atoms with E-state index in [1.54, 1.807) is 0 Å². The molecule has 0 bridgehead atoms. The Morgan fingerprint density at radius 2 is 1.72 bits per heavy atom. The molecule has 9 heteroatoms. The van der Waals surface area contributed by atoms with Crippen LogP contribution in [0.2, 0.25) is 0 Å². The quantitative estimate of drug-likeness (QED) is 0.713. The summed E-state index contributed by atoms with van der Waals surface area (Å²) in [5.74, 6) is -0.885. The van der Waals surface area contributed by atoms with Gasteiger partial charge in [-0.2, -0.15) is 0 Å². The number of sulfone groups is 2. The maximum Gasteiger partial charge on any atom is 0.221 e. The summed E-state index contributed by atoms with van der Waals surface area (Å²) in [6, 6.07) is 12.8. The number of anilines is 1. The summed E-state index contributed by atoms with van der Waals surface area (Å²) in [5, 5.41) is 4.65. The molecular weight excluding hydrogens is 412 g/mol. The van der Waals surface area contributed by atoms with Crippen LogP contribution in [-0.2, 0) is 31.0 Å². The highest BCUT2D eigenvalue weighted by Gasteiger charge is 2.45. The summed E-state index contributed by atoms with van der Waals surface area (Å²) >= 11 is 0. The highest BCUT2D eigenvalue weighted by molar-refractivity contribution is 7.96. The molecule has 1 aliphatic rings. The van der Waals surface area contributed by atoms with Crippen molar-refractivity contribution in [2.75, 3.05) is 16.8 Å². The molecule has 1 heterocycles. The zero-order valence-corrected chi connectivity index (χ0v) is 17.9. The normalized spacial score (nSPS) is 21.0. The number of rotatable bonds is 6. The first-order valence-electron chi connectivity index (χ1n) is 9.18. The molecule has 0 saturated carbocycles. The molecular formula is C20H24N2O5S2. The highest BCUT2D eigenvalue weighted by Crippen LogP contribution is 2.27. The monoisotopic (exact) mass is 436 g/mol. The fraction of sp³-hybridized carbons (Fsp3) is 0.350. The van der Waals surface area contributed by atoms with Gasteiger partial charge in [-0.15, -0.1) is 0 Å². The van der Waals surface area contributed by atoms with Crippen molar-refractivity contribution >= 4 is 31.3 Å². The van der Waals surface area contributed by atoms with Gasteiger partial charge in [0.25, 0.3) is 0 Å². The smallest absolute Gasteiger partial charge is 0.221 e. The molecule has 29 heavy (non-hydrogen) atoms. The first kappa shape index (κ1) is 21.5. The molecule has 0 spiro atoms. The van der Waals surface area contributed by atoms with Crippen molar-refractivity contribution in [2.24, 2.45) is 0 Å². The second-order valence-corrected chi connectivity index (χ2v) is 11.6. The van der Waals surface area contributed by atoms with E-state index in [0.29, 0.717) is 12.2 Å². The van der Waals surface area contributed by atoms with Crippen LogP contribution in [0.1, 0.15) is 18.1 Å². The SMILES string of the molecule is CC(=O)Nc1ccc(S(=O)(=O)C2CS(=O)(=O)CC2NCc2ccccc2C)cc1. The summed E-state index contributed by atoms with van der Waals surface area (Å²) in [6.07, 6.45) is 0. The molecule has 1 amide bonds. The minimum absolute atomic E-state index is 0.0383. The Hall–Kier alpha value is -2.23. The number of aryl methyl sites for hydroxylation is 1. The Labute approximate surface area is 171 Å². The van der Waals surface area contributed by atoms with Gasteiger partial charge in [0.2, 0.25) is 5.91 Å². The van der Waals surface area contributed by atoms with Gasteiger partial charge in [-0.1, -0.05) is 24.3 Å². The van der Waals surface area contributed by atoms with Crippen LogP contribution in [0.3, 0.4) is 0 Å². The van der Waals surface area contributed by atoms with Crippen LogP contribution in [0, 0.1) is 6.92 Å². The second-order valence-electron chi connectivity index (χ2n) is 7.28. The lowest BCUT2D eigenvalue weighted by Gasteiger charge is -2.20. The molecule has 1 aliphatic heterocycles. The van der Waals surface area contributed by atoms with Gasteiger partial charge in [0, 0.05) is 25.2 Å². The van der Waals surface area contributed by atoms with Crippen molar-refractivity contribution in [3.63, 3.8) is 0 Å². The fourth-order valence-electron chi connectivity index (χ4n) is 3.47. The third-order valence-electron chi connectivity index (χ3n) is 5.02. The van der Waals surface area contributed by atoms with E-state index in [1.165, 1.54) is 31.2 Å². The third-order valence-corrected chi connectivity index (χ3v) is 9.18. The van der Waals surface area contributed by atoms with Crippen molar-refractivity contribution in [3.05, 3.63) is 59.7 Å². The lowest BCUT2D eigenvalue weighted by molar-refractivity contribution is -0.114. The molecule has 1 saturated heterocycles. The van der Waals surface area contributed by atoms with E-state index < -0.39 is 36.7 Å². The minimum Gasteiger partial charge on any atom is -0.326 e.